The summed E-state index contributed by atoms with van der Waals surface area (Å²) in [6.07, 6.45) is 3.15. The molecule has 0 radical (unpaired) electrons. The van der Waals surface area contributed by atoms with Gasteiger partial charge >= 0.3 is 6.09 Å². The molecule has 0 aromatic heterocycles. The summed E-state index contributed by atoms with van der Waals surface area (Å²) >= 11 is 0. The van der Waals surface area contributed by atoms with Crippen LogP contribution < -0.4 is 0 Å². The number of hydrogen-bond acceptors (Lipinski definition) is 3. The summed E-state index contributed by atoms with van der Waals surface area (Å²) in [6, 6.07) is 0.0369. The quantitative estimate of drug-likeness (QED) is 0.689. The maximum atomic E-state index is 11.9. The van der Waals surface area contributed by atoms with Gasteiger partial charge in [-0.2, -0.15) is 0 Å². The van der Waals surface area contributed by atoms with E-state index < -0.39 is 5.60 Å². The van der Waals surface area contributed by atoms with Gasteiger partial charge in [0.2, 0.25) is 0 Å². The van der Waals surface area contributed by atoms with Gasteiger partial charge in [-0.05, 0) is 39.2 Å². The van der Waals surface area contributed by atoms with E-state index in [9.17, 15) is 9.90 Å². The van der Waals surface area contributed by atoms with Gasteiger partial charge in [0, 0.05) is 13.0 Å². The topological polar surface area (TPSA) is 49.8 Å². The molecule has 1 N–H and O–H groups in total. The molecule has 2 rings (SSSR count). The highest BCUT2D eigenvalue weighted by Gasteiger charge is 2.41. The van der Waals surface area contributed by atoms with Crippen LogP contribution in [-0.4, -0.2) is 34.3 Å². The first-order valence-electron chi connectivity index (χ1n) is 5.76. The van der Waals surface area contributed by atoms with Gasteiger partial charge in [-0.3, -0.25) is 0 Å². The predicted octanol–water partition coefficient (Wildman–Crippen LogP) is 2.46. The first-order valence-corrected chi connectivity index (χ1v) is 5.76. The van der Waals surface area contributed by atoms with Crippen LogP contribution in [0.4, 0.5) is 4.79 Å². The lowest BCUT2D eigenvalue weighted by molar-refractivity contribution is 0.0247. The normalized spacial score (nSPS) is 28.9. The van der Waals surface area contributed by atoms with E-state index in [4.69, 9.17) is 4.74 Å². The van der Waals surface area contributed by atoms with Crippen LogP contribution in [0.3, 0.4) is 0 Å². The molecule has 0 aromatic carbocycles. The molecule has 90 valence electrons. The molecule has 1 heterocycles. The molecular weight excluding hydrogens is 206 g/mol. The molecule has 16 heavy (non-hydrogen) atoms. The number of carbonyl (C=O) groups is 1. The SMILES string of the molecule is CC(C)(C)OC(=O)N1CCC2CC(O)=CC21. The van der Waals surface area contributed by atoms with Gasteiger partial charge in [0.05, 0.1) is 11.8 Å². The molecule has 4 nitrogen and oxygen atoms in total. The summed E-state index contributed by atoms with van der Waals surface area (Å²) in [6.45, 7) is 6.31. The summed E-state index contributed by atoms with van der Waals surface area (Å²) in [4.78, 5) is 13.6. The molecule has 0 saturated carbocycles. The molecule has 0 bridgehead atoms. The zero-order valence-corrected chi connectivity index (χ0v) is 10.1. The Hall–Kier alpha value is -1.19. The highest BCUT2D eigenvalue weighted by Crippen LogP contribution is 2.36. The fourth-order valence-electron chi connectivity index (χ4n) is 2.40. The first kappa shape index (κ1) is 11.3. The van der Waals surface area contributed by atoms with Crippen molar-refractivity contribution >= 4 is 6.09 Å². The Morgan fingerprint density at radius 2 is 2.25 bits per heavy atom. The van der Waals surface area contributed by atoms with Gasteiger partial charge in [-0.15, -0.1) is 0 Å². The zero-order chi connectivity index (χ0) is 11.9. The lowest BCUT2D eigenvalue weighted by Gasteiger charge is -2.27. The van der Waals surface area contributed by atoms with Crippen LogP contribution in [0, 0.1) is 5.92 Å². The van der Waals surface area contributed by atoms with Gasteiger partial charge in [0.1, 0.15) is 5.60 Å². The molecule has 1 fully saturated rings. The average Bonchev–Trinajstić information content (AvgIpc) is 2.58. The van der Waals surface area contributed by atoms with Crippen molar-refractivity contribution in [2.45, 2.75) is 45.3 Å². The Kier molecular flexibility index (Phi) is 2.60. The summed E-state index contributed by atoms with van der Waals surface area (Å²) in [7, 11) is 0. The van der Waals surface area contributed by atoms with E-state index in [-0.39, 0.29) is 12.1 Å². The molecule has 1 aliphatic carbocycles. The molecule has 4 heteroatoms. The van der Waals surface area contributed by atoms with E-state index in [1.807, 2.05) is 20.8 Å². The largest absolute Gasteiger partial charge is 0.513 e. The Labute approximate surface area is 95.9 Å². The van der Waals surface area contributed by atoms with E-state index in [0.717, 1.165) is 13.0 Å². The van der Waals surface area contributed by atoms with Crippen molar-refractivity contribution in [3.63, 3.8) is 0 Å². The summed E-state index contributed by atoms with van der Waals surface area (Å²) in [5, 5.41) is 9.45. The molecule has 2 aliphatic rings. The lowest BCUT2D eigenvalue weighted by atomic mass is 10.0. The number of hydrogen-bond donors (Lipinski definition) is 1. The molecule has 1 amide bonds. The van der Waals surface area contributed by atoms with Crippen molar-refractivity contribution in [1.82, 2.24) is 4.90 Å². The van der Waals surface area contributed by atoms with Crippen molar-refractivity contribution in [1.29, 1.82) is 0 Å². The number of ether oxygens (including phenoxy) is 1. The van der Waals surface area contributed by atoms with Gasteiger partial charge < -0.3 is 14.7 Å². The summed E-state index contributed by atoms with van der Waals surface area (Å²) in [5.41, 5.74) is -0.459. The summed E-state index contributed by atoms with van der Waals surface area (Å²) < 4.78 is 5.34. The summed E-state index contributed by atoms with van der Waals surface area (Å²) in [5.74, 6) is 0.788. The van der Waals surface area contributed by atoms with Crippen LogP contribution in [0.15, 0.2) is 11.8 Å². The van der Waals surface area contributed by atoms with Crippen molar-refractivity contribution in [3.05, 3.63) is 11.8 Å². The fraction of sp³-hybridized carbons (Fsp3) is 0.750. The third-order valence-corrected chi connectivity index (χ3v) is 3.05. The number of amides is 1. The minimum absolute atomic E-state index is 0.0369. The fourth-order valence-corrected chi connectivity index (χ4v) is 2.40. The third kappa shape index (κ3) is 2.15. The Morgan fingerprint density at radius 3 is 2.88 bits per heavy atom. The third-order valence-electron chi connectivity index (χ3n) is 3.05. The second kappa shape index (κ2) is 3.68. The van der Waals surface area contributed by atoms with E-state index in [0.29, 0.717) is 18.1 Å². The number of likely N-dealkylation sites (tertiary alicyclic amines) is 1. The molecule has 0 spiro atoms. The van der Waals surface area contributed by atoms with E-state index >= 15 is 0 Å². The number of rotatable bonds is 0. The van der Waals surface area contributed by atoms with Crippen molar-refractivity contribution in [2.24, 2.45) is 5.92 Å². The van der Waals surface area contributed by atoms with Crippen LogP contribution >= 0.6 is 0 Å². The molecule has 1 saturated heterocycles. The van der Waals surface area contributed by atoms with Crippen molar-refractivity contribution < 1.29 is 14.6 Å². The number of fused-ring (bicyclic) bond motifs is 1. The molecule has 2 atom stereocenters. The van der Waals surface area contributed by atoms with Gasteiger partial charge in [0.15, 0.2) is 0 Å². The number of nitrogens with zero attached hydrogens (tertiary/aromatic N) is 1. The first-order chi connectivity index (χ1) is 7.37. The van der Waals surface area contributed by atoms with Crippen LogP contribution in [-0.2, 0) is 4.74 Å². The van der Waals surface area contributed by atoms with E-state index in [1.54, 1.807) is 11.0 Å². The maximum Gasteiger partial charge on any atom is 0.410 e. The average molecular weight is 225 g/mol. The van der Waals surface area contributed by atoms with Crippen LogP contribution in [0.2, 0.25) is 0 Å². The smallest absolute Gasteiger partial charge is 0.410 e. The maximum absolute atomic E-state index is 11.9. The second-order valence-corrected chi connectivity index (χ2v) is 5.58. The van der Waals surface area contributed by atoms with Crippen LogP contribution in [0.5, 0.6) is 0 Å². The van der Waals surface area contributed by atoms with Gasteiger partial charge in [-0.1, -0.05) is 0 Å². The number of allylic oxidation sites excluding steroid dienone is 1. The second-order valence-electron chi connectivity index (χ2n) is 5.58. The minimum Gasteiger partial charge on any atom is -0.513 e. The predicted molar refractivity (Wildman–Crippen MR) is 60.2 cm³/mol. The van der Waals surface area contributed by atoms with Gasteiger partial charge in [0.25, 0.3) is 0 Å². The number of carbonyl (C=O) groups excluding carboxylic acids is 1. The van der Waals surface area contributed by atoms with E-state index in [1.165, 1.54) is 0 Å². The highest BCUT2D eigenvalue weighted by atomic mass is 16.6. The Morgan fingerprint density at radius 1 is 1.56 bits per heavy atom. The monoisotopic (exact) mass is 225 g/mol. The van der Waals surface area contributed by atoms with E-state index in [2.05, 4.69) is 0 Å². The Bertz CT molecular complexity index is 330. The molecule has 0 aromatic rings. The lowest BCUT2D eigenvalue weighted by Crippen LogP contribution is -2.39. The zero-order valence-electron chi connectivity index (χ0n) is 10.1. The molecule has 1 aliphatic heterocycles. The number of aliphatic hydroxyl groups excluding tert-OH is 1. The minimum atomic E-state index is -0.459. The highest BCUT2D eigenvalue weighted by molar-refractivity contribution is 5.69. The molecule has 2 unspecified atom stereocenters. The van der Waals surface area contributed by atoms with Crippen molar-refractivity contribution in [2.75, 3.05) is 6.54 Å². The van der Waals surface area contributed by atoms with Crippen molar-refractivity contribution in [3.8, 4) is 0 Å². The van der Waals surface area contributed by atoms with Crippen LogP contribution in [0.25, 0.3) is 0 Å². The van der Waals surface area contributed by atoms with Crippen LogP contribution in [0.1, 0.15) is 33.6 Å². The number of aliphatic hydroxyl groups is 1. The van der Waals surface area contributed by atoms with Gasteiger partial charge in [-0.25, -0.2) is 4.79 Å². The molecular formula is C12H19NO3. The Balaban J connectivity index is 2.03. The standard InChI is InChI=1S/C12H19NO3/c1-12(2,3)16-11(15)13-5-4-8-6-9(14)7-10(8)13/h7-8,10,14H,4-6H2,1-3H3.